The smallest absolute Gasteiger partial charge is 0.405 e. The van der Waals surface area contributed by atoms with Crippen LogP contribution in [0.25, 0.3) is 0 Å². The first kappa shape index (κ1) is 15.5. The number of hydrogen-bond donors (Lipinski definition) is 0. The van der Waals surface area contributed by atoms with E-state index in [4.69, 9.17) is 4.74 Å². The third-order valence-electron chi connectivity index (χ3n) is 2.55. The van der Waals surface area contributed by atoms with Gasteiger partial charge in [-0.05, 0) is 26.0 Å². The SMILES string of the molecule is COC(C)(C)CC(=O)c1ccccc1OC(F)(F)F. The second kappa shape index (κ2) is 5.61. The Morgan fingerprint density at radius 1 is 1.21 bits per heavy atom. The van der Waals surface area contributed by atoms with E-state index in [-0.39, 0.29) is 12.0 Å². The number of methoxy groups -OCH3 is 1. The molecule has 0 bridgehead atoms. The van der Waals surface area contributed by atoms with Crippen LogP contribution in [0.3, 0.4) is 0 Å². The second-order valence-corrected chi connectivity index (χ2v) is 4.61. The number of carbonyl (C=O) groups excluding carboxylic acids is 1. The summed E-state index contributed by atoms with van der Waals surface area (Å²) in [6.07, 6.45) is -4.87. The Morgan fingerprint density at radius 3 is 2.32 bits per heavy atom. The molecule has 1 rings (SSSR count). The van der Waals surface area contributed by atoms with E-state index in [9.17, 15) is 18.0 Å². The molecule has 106 valence electrons. The molecule has 1 aromatic carbocycles. The molecular weight excluding hydrogens is 261 g/mol. The number of carbonyl (C=O) groups is 1. The van der Waals surface area contributed by atoms with Crippen LogP contribution in [0.5, 0.6) is 5.75 Å². The van der Waals surface area contributed by atoms with Crippen LogP contribution in [0.4, 0.5) is 13.2 Å². The fourth-order valence-corrected chi connectivity index (χ4v) is 1.46. The number of hydrogen-bond acceptors (Lipinski definition) is 3. The van der Waals surface area contributed by atoms with E-state index in [1.807, 2.05) is 0 Å². The molecule has 0 spiro atoms. The molecule has 0 amide bonds. The number of para-hydroxylation sites is 1. The van der Waals surface area contributed by atoms with Crippen LogP contribution < -0.4 is 4.74 Å². The maximum Gasteiger partial charge on any atom is 0.573 e. The summed E-state index contributed by atoms with van der Waals surface area (Å²) in [7, 11) is 1.44. The molecule has 0 unspecified atom stereocenters. The van der Waals surface area contributed by atoms with E-state index in [1.165, 1.54) is 25.3 Å². The fourth-order valence-electron chi connectivity index (χ4n) is 1.46. The van der Waals surface area contributed by atoms with Gasteiger partial charge in [0.1, 0.15) is 5.75 Å². The Balaban J connectivity index is 2.97. The minimum atomic E-state index is -4.83. The van der Waals surface area contributed by atoms with Crippen molar-refractivity contribution in [3.63, 3.8) is 0 Å². The van der Waals surface area contributed by atoms with E-state index in [2.05, 4.69) is 4.74 Å². The zero-order valence-corrected chi connectivity index (χ0v) is 10.9. The Hall–Kier alpha value is -1.56. The number of Topliss-reactive ketones (excluding diaryl/α,β-unsaturated/α-hetero) is 1. The summed E-state index contributed by atoms with van der Waals surface area (Å²) in [6, 6.07) is 5.27. The molecule has 3 nitrogen and oxygen atoms in total. The number of rotatable bonds is 5. The van der Waals surface area contributed by atoms with E-state index in [1.54, 1.807) is 13.8 Å². The topological polar surface area (TPSA) is 35.5 Å². The van der Waals surface area contributed by atoms with Gasteiger partial charge in [0.2, 0.25) is 0 Å². The molecule has 1 aromatic rings. The molecule has 0 aliphatic rings. The third kappa shape index (κ3) is 4.90. The van der Waals surface area contributed by atoms with Crippen molar-refractivity contribution in [1.29, 1.82) is 0 Å². The molecule has 0 saturated heterocycles. The van der Waals surface area contributed by atoms with Gasteiger partial charge >= 0.3 is 6.36 Å². The Labute approximate surface area is 109 Å². The normalized spacial score (nSPS) is 12.3. The van der Waals surface area contributed by atoms with Gasteiger partial charge in [0.05, 0.1) is 11.2 Å². The molecule has 0 aliphatic heterocycles. The predicted octanol–water partition coefficient (Wildman–Crippen LogP) is 3.58. The molecule has 0 atom stereocenters. The molecule has 0 fully saturated rings. The maximum absolute atomic E-state index is 12.2. The second-order valence-electron chi connectivity index (χ2n) is 4.61. The minimum absolute atomic E-state index is 0.0399. The van der Waals surface area contributed by atoms with Gasteiger partial charge in [-0.2, -0.15) is 0 Å². The van der Waals surface area contributed by atoms with E-state index in [0.29, 0.717) is 0 Å². The van der Waals surface area contributed by atoms with Crippen LogP contribution in [0.15, 0.2) is 24.3 Å². The van der Waals surface area contributed by atoms with Crippen molar-refractivity contribution in [2.45, 2.75) is 32.2 Å². The number of ether oxygens (including phenoxy) is 2. The van der Waals surface area contributed by atoms with E-state index in [0.717, 1.165) is 6.07 Å². The lowest BCUT2D eigenvalue weighted by Gasteiger charge is -2.22. The summed E-state index contributed by atoms with van der Waals surface area (Å²) in [5.74, 6) is -0.960. The third-order valence-corrected chi connectivity index (χ3v) is 2.55. The maximum atomic E-state index is 12.2. The van der Waals surface area contributed by atoms with E-state index < -0.39 is 23.5 Å². The van der Waals surface area contributed by atoms with Crippen molar-refractivity contribution >= 4 is 5.78 Å². The van der Waals surface area contributed by atoms with Gasteiger partial charge in [-0.15, -0.1) is 13.2 Å². The summed E-state index contributed by atoms with van der Waals surface area (Å²) < 4.78 is 45.6. The Bertz CT molecular complexity index is 453. The van der Waals surface area contributed by atoms with Crippen molar-refractivity contribution in [1.82, 2.24) is 0 Å². The highest BCUT2D eigenvalue weighted by atomic mass is 19.4. The molecule has 0 N–H and O–H groups in total. The Kier molecular flexibility index (Phi) is 4.57. The molecule has 0 radical (unpaired) electrons. The standard InChI is InChI=1S/C13H15F3O3/c1-12(2,18-3)8-10(17)9-6-4-5-7-11(9)19-13(14,15)16/h4-7H,8H2,1-3H3. The lowest BCUT2D eigenvalue weighted by atomic mass is 9.97. The quantitative estimate of drug-likeness (QED) is 0.771. The fraction of sp³-hybridized carbons (Fsp3) is 0.462. The van der Waals surface area contributed by atoms with Crippen molar-refractivity contribution in [3.8, 4) is 5.75 Å². The molecule has 0 aliphatic carbocycles. The molecule has 0 heterocycles. The lowest BCUT2D eigenvalue weighted by Crippen LogP contribution is -2.27. The first-order chi connectivity index (χ1) is 8.64. The number of benzene rings is 1. The average Bonchev–Trinajstić information content (AvgIpc) is 2.27. The molecule has 0 saturated carbocycles. The van der Waals surface area contributed by atoms with Crippen molar-refractivity contribution in [2.75, 3.05) is 7.11 Å². The molecular formula is C13H15F3O3. The van der Waals surface area contributed by atoms with Crippen molar-refractivity contribution < 1.29 is 27.4 Å². The minimum Gasteiger partial charge on any atom is -0.405 e. The summed E-state index contributed by atoms with van der Waals surface area (Å²) in [5, 5.41) is 0. The van der Waals surface area contributed by atoms with Gasteiger partial charge in [0, 0.05) is 13.5 Å². The molecule has 19 heavy (non-hydrogen) atoms. The van der Waals surface area contributed by atoms with Crippen molar-refractivity contribution in [2.24, 2.45) is 0 Å². The van der Waals surface area contributed by atoms with Gasteiger partial charge in [-0.3, -0.25) is 4.79 Å². The lowest BCUT2D eigenvalue weighted by molar-refractivity contribution is -0.274. The van der Waals surface area contributed by atoms with Crippen molar-refractivity contribution in [3.05, 3.63) is 29.8 Å². The zero-order chi connectivity index (χ0) is 14.7. The monoisotopic (exact) mass is 276 g/mol. The average molecular weight is 276 g/mol. The van der Waals surface area contributed by atoms with Crippen LogP contribution in [-0.4, -0.2) is 24.9 Å². The van der Waals surface area contributed by atoms with Gasteiger partial charge in [0.15, 0.2) is 5.78 Å². The highest BCUT2D eigenvalue weighted by Gasteiger charge is 2.33. The summed E-state index contributed by atoms with van der Waals surface area (Å²) in [5.41, 5.74) is -0.854. The molecule has 0 aromatic heterocycles. The van der Waals surface area contributed by atoms with Crippen LogP contribution in [-0.2, 0) is 4.74 Å². The number of ketones is 1. The van der Waals surface area contributed by atoms with Crippen LogP contribution in [0.1, 0.15) is 30.6 Å². The highest BCUT2D eigenvalue weighted by Crippen LogP contribution is 2.28. The highest BCUT2D eigenvalue weighted by molar-refractivity contribution is 5.99. The first-order valence-corrected chi connectivity index (χ1v) is 5.58. The van der Waals surface area contributed by atoms with E-state index >= 15 is 0 Å². The Morgan fingerprint density at radius 2 is 1.79 bits per heavy atom. The summed E-state index contributed by atoms with van der Waals surface area (Å²) >= 11 is 0. The van der Waals surface area contributed by atoms with Crippen LogP contribution in [0, 0.1) is 0 Å². The number of halogens is 3. The van der Waals surface area contributed by atoms with Gasteiger partial charge < -0.3 is 9.47 Å². The van der Waals surface area contributed by atoms with Gasteiger partial charge in [-0.25, -0.2) is 0 Å². The summed E-state index contributed by atoms with van der Waals surface area (Å²) in [4.78, 5) is 12.0. The number of alkyl halides is 3. The first-order valence-electron chi connectivity index (χ1n) is 5.58. The van der Waals surface area contributed by atoms with Gasteiger partial charge in [-0.1, -0.05) is 12.1 Å². The summed E-state index contributed by atoms with van der Waals surface area (Å²) in [6.45, 7) is 3.36. The zero-order valence-electron chi connectivity index (χ0n) is 10.9. The largest absolute Gasteiger partial charge is 0.573 e. The van der Waals surface area contributed by atoms with Gasteiger partial charge in [0.25, 0.3) is 0 Å². The van der Waals surface area contributed by atoms with Crippen LogP contribution in [0.2, 0.25) is 0 Å². The predicted molar refractivity (Wildman–Crippen MR) is 63.2 cm³/mol. The van der Waals surface area contributed by atoms with Crippen LogP contribution >= 0.6 is 0 Å². The molecule has 6 heteroatoms.